The summed E-state index contributed by atoms with van der Waals surface area (Å²) in [5.74, 6) is 2.73. The summed E-state index contributed by atoms with van der Waals surface area (Å²) in [5.41, 5.74) is 1.44. The van der Waals surface area contributed by atoms with Crippen molar-refractivity contribution in [1.29, 1.82) is 0 Å². The quantitative estimate of drug-likeness (QED) is 0.774. The number of aryl methyl sites for hydroxylation is 1. The molecule has 0 spiro atoms. The van der Waals surface area contributed by atoms with Crippen LogP contribution < -0.4 is 0 Å². The average Bonchev–Trinajstić information content (AvgIpc) is 3.37. The molecule has 2 aliphatic heterocycles. The lowest BCUT2D eigenvalue weighted by atomic mass is 9.84. The Morgan fingerprint density at radius 3 is 2.54 bits per heavy atom. The van der Waals surface area contributed by atoms with E-state index in [0.717, 1.165) is 50.0 Å². The highest BCUT2D eigenvalue weighted by atomic mass is 16.2. The Balaban J connectivity index is 1.20. The van der Waals surface area contributed by atoms with Crippen LogP contribution in [0.1, 0.15) is 30.7 Å². The van der Waals surface area contributed by atoms with Gasteiger partial charge in [-0.3, -0.25) is 4.79 Å². The van der Waals surface area contributed by atoms with Crippen LogP contribution in [0, 0.1) is 18.8 Å². The summed E-state index contributed by atoms with van der Waals surface area (Å²) in [7, 11) is 0. The number of nitrogens with zero attached hydrogens (tertiary/aromatic N) is 4. The second-order valence-corrected chi connectivity index (χ2v) is 8.41. The summed E-state index contributed by atoms with van der Waals surface area (Å²) in [4.78, 5) is 21.5. The Bertz CT molecular complexity index is 764. The zero-order valence-corrected chi connectivity index (χ0v) is 17.0. The molecule has 1 aromatic heterocycles. The third-order valence-corrected chi connectivity index (χ3v) is 6.66. The number of hydrogen-bond acceptors (Lipinski definition) is 3. The summed E-state index contributed by atoms with van der Waals surface area (Å²) in [6.07, 6.45) is 8.44. The SMILES string of the molecule is Cc1nccn1CC(=O)N1CCC(C2CCN(CCc3ccccc3)C2)CC1. The molecular formula is C23H32N4O. The minimum absolute atomic E-state index is 0.232. The van der Waals surface area contributed by atoms with E-state index in [1.807, 2.05) is 17.7 Å². The molecule has 0 N–H and O–H groups in total. The maximum Gasteiger partial charge on any atom is 0.242 e. The normalized spacial score (nSPS) is 21.3. The molecule has 0 bridgehead atoms. The third-order valence-electron chi connectivity index (χ3n) is 6.66. The molecule has 1 aromatic carbocycles. The van der Waals surface area contributed by atoms with Gasteiger partial charge in [-0.2, -0.15) is 0 Å². The molecule has 1 unspecified atom stereocenters. The molecule has 0 aliphatic carbocycles. The van der Waals surface area contributed by atoms with Crippen LogP contribution >= 0.6 is 0 Å². The van der Waals surface area contributed by atoms with E-state index < -0.39 is 0 Å². The van der Waals surface area contributed by atoms with Gasteiger partial charge in [-0.05, 0) is 56.6 Å². The van der Waals surface area contributed by atoms with Gasteiger partial charge in [0.15, 0.2) is 0 Å². The van der Waals surface area contributed by atoms with Gasteiger partial charge in [0.1, 0.15) is 12.4 Å². The van der Waals surface area contributed by atoms with Crippen LogP contribution in [0.15, 0.2) is 42.7 Å². The van der Waals surface area contributed by atoms with Gasteiger partial charge < -0.3 is 14.4 Å². The minimum Gasteiger partial charge on any atom is -0.341 e. The van der Waals surface area contributed by atoms with Crippen molar-refractivity contribution in [2.75, 3.05) is 32.7 Å². The van der Waals surface area contributed by atoms with Crippen LogP contribution in [0.4, 0.5) is 0 Å². The molecule has 4 rings (SSSR count). The maximum absolute atomic E-state index is 12.6. The van der Waals surface area contributed by atoms with Crippen molar-refractivity contribution >= 4 is 5.91 Å². The number of aromatic nitrogens is 2. The smallest absolute Gasteiger partial charge is 0.242 e. The lowest BCUT2D eigenvalue weighted by molar-refractivity contribution is -0.133. The predicted molar refractivity (Wildman–Crippen MR) is 111 cm³/mol. The Morgan fingerprint density at radius 1 is 1.07 bits per heavy atom. The van der Waals surface area contributed by atoms with Gasteiger partial charge in [-0.1, -0.05) is 30.3 Å². The number of rotatable bonds is 6. The molecule has 5 nitrogen and oxygen atoms in total. The average molecular weight is 381 g/mol. The molecule has 1 atom stereocenters. The van der Waals surface area contributed by atoms with Crippen LogP contribution in [-0.4, -0.2) is 58.0 Å². The van der Waals surface area contributed by atoms with Crippen LogP contribution in [0.25, 0.3) is 0 Å². The predicted octanol–water partition coefficient (Wildman–Crippen LogP) is 2.99. The number of imidazole rings is 1. The lowest BCUT2D eigenvalue weighted by Gasteiger charge is -2.35. The first kappa shape index (κ1) is 19.2. The second kappa shape index (κ2) is 8.91. The number of hydrogen-bond donors (Lipinski definition) is 0. The second-order valence-electron chi connectivity index (χ2n) is 8.41. The first-order chi connectivity index (χ1) is 13.7. The first-order valence-electron chi connectivity index (χ1n) is 10.7. The van der Waals surface area contributed by atoms with Crippen LogP contribution in [0.3, 0.4) is 0 Å². The van der Waals surface area contributed by atoms with Crippen molar-refractivity contribution in [2.45, 2.75) is 39.2 Å². The molecule has 5 heteroatoms. The van der Waals surface area contributed by atoms with Gasteiger partial charge in [-0.25, -0.2) is 4.98 Å². The highest BCUT2D eigenvalue weighted by Crippen LogP contribution is 2.32. The van der Waals surface area contributed by atoms with Crippen molar-refractivity contribution in [2.24, 2.45) is 11.8 Å². The van der Waals surface area contributed by atoms with E-state index in [9.17, 15) is 4.79 Å². The van der Waals surface area contributed by atoms with E-state index in [1.165, 1.54) is 31.6 Å². The fourth-order valence-corrected chi connectivity index (χ4v) is 4.82. The maximum atomic E-state index is 12.6. The van der Waals surface area contributed by atoms with Gasteiger partial charge in [0.25, 0.3) is 0 Å². The summed E-state index contributed by atoms with van der Waals surface area (Å²) < 4.78 is 1.94. The number of piperidine rings is 1. The van der Waals surface area contributed by atoms with Crippen molar-refractivity contribution in [3.63, 3.8) is 0 Å². The van der Waals surface area contributed by atoms with Crippen LogP contribution in [0.2, 0.25) is 0 Å². The Kier molecular flexibility index (Phi) is 6.10. The monoisotopic (exact) mass is 380 g/mol. The van der Waals surface area contributed by atoms with Crippen molar-refractivity contribution in [1.82, 2.24) is 19.4 Å². The highest BCUT2D eigenvalue weighted by molar-refractivity contribution is 5.76. The van der Waals surface area contributed by atoms with Crippen LogP contribution in [0.5, 0.6) is 0 Å². The van der Waals surface area contributed by atoms with Gasteiger partial charge in [0, 0.05) is 38.6 Å². The Hall–Kier alpha value is -2.14. The zero-order valence-electron chi connectivity index (χ0n) is 17.0. The summed E-state index contributed by atoms with van der Waals surface area (Å²) in [5, 5.41) is 0. The Morgan fingerprint density at radius 2 is 1.82 bits per heavy atom. The fourth-order valence-electron chi connectivity index (χ4n) is 4.82. The van der Waals surface area contributed by atoms with Crippen molar-refractivity contribution < 1.29 is 4.79 Å². The minimum atomic E-state index is 0.232. The molecular weight excluding hydrogens is 348 g/mol. The molecule has 150 valence electrons. The molecule has 3 heterocycles. The summed E-state index contributed by atoms with van der Waals surface area (Å²) >= 11 is 0. The topological polar surface area (TPSA) is 41.4 Å². The zero-order chi connectivity index (χ0) is 19.3. The van der Waals surface area contributed by atoms with E-state index in [0.29, 0.717) is 6.54 Å². The number of amides is 1. The van der Waals surface area contributed by atoms with E-state index in [4.69, 9.17) is 0 Å². The fraction of sp³-hybridized carbons (Fsp3) is 0.565. The van der Waals surface area contributed by atoms with Crippen molar-refractivity contribution in [3.05, 3.63) is 54.1 Å². The van der Waals surface area contributed by atoms with E-state index in [1.54, 1.807) is 6.20 Å². The van der Waals surface area contributed by atoms with Gasteiger partial charge in [-0.15, -0.1) is 0 Å². The Labute approximate surface area is 168 Å². The lowest BCUT2D eigenvalue weighted by Crippen LogP contribution is -2.42. The largest absolute Gasteiger partial charge is 0.341 e. The highest BCUT2D eigenvalue weighted by Gasteiger charge is 2.32. The number of benzene rings is 1. The molecule has 1 amide bonds. The first-order valence-corrected chi connectivity index (χ1v) is 10.7. The third kappa shape index (κ3) is 4.64. The molecule has 0 radical (unpaired) electrons. The van der Waals surface area contributed by atoms with Crippen molar-refractivity contribution in [3.8, 4) is 0 Å². The van der Waals surface area contributed by atoms with Gasteiger partial charge in [0.2, 0.25) is 5.91 Å². The molecule has 28 heavy (non-hydrogen) atoms. The number of likely N-dealkylation sites (tertiary alicyclic amines) is 2. The summed E-state index contributed by atoms with van der Waals surface area (Å²) in [6.45, 7) is 7.84. The number of carbonyl (C=O) groups is 1. The van der Waals surface area contributed by atoms with E-state index in [2.05, 4.69) is 45.1 Å². The molecule has 2 fully saturated rings. The van der Waals surface area contributed by atoms with Crippen LogP contribution in [-0.2, 0) is 17.8 Å². The molecule has 2 saturated heterocycles. The molecule has 2 aromatic rings. The molecule has 0 saturated carbocycles. The van der Waals surface area contributed by atoms with E-state index >= 15 is 0 Å². The van der Waals surface area contributed by atoms with E-state index in [-0.39, 0.29) is 5.91 Å². The van der Waals surface area contributed by atoms with Gasteiger partial charge in [0.05, 0.1) is 0 Å². The van der Waals surface area contributed by atoms with Gasteiger partial charge >= 0.3 is 0 Å². The number of carbonyl (C=O) groups excluding carboxylic acids is 1. The standard InChI is InChI=1S/C23H32N4O/c1-19-24-11-16-27(19)18-23(28)26-14-9-21(10-15-26)22-8-13-25(17-22)12-7-20-5-3-2-4-6-20/h2-6,11,16,21-22H,7-10,12-15,17-18H2,1H3. The molecule has 2 aliphatic rings. The summed E-state index contributed by atoms with van der Waals surface area (Å²) in [6, 6.07) is 10.8.